The summed E-state index contributed by atoms with van der Waals surface area (Å²) in [6, 6.07) is 18.7. The summed E-state index contributed by atoms with van der Waals surface area (Å²) >= 11 is 1.22. The second-order valence-corrected chi connectivity index (χ2v) is 5.98. The van der Waals surface area contributed by atoms with Gasteiger partial charge in [-0.3, -0.25) is 4.79 Å². The van der Waals surface area contributed by atoms with Gasteiger partial charge >= 0.3 is 0 Å². The number of carbonyl (C=O) groups is 1. The maximum atomic E-state index is 12.1. The highest BCUT2D eigenvalue weighted by atomic mass is 32.2. The van der Waals surface area contributed by atoms with Crippen LogP contribution in [0, 0.1) is 0 Å². The van der Waals surface area contributed by atoms with Crippen molar-refractivity contribution in [1.82, 2.24) is 14.9 Å². The molecule has 126 valence electrons. The fourth-order valence-electron chi connectivity index (χ4n) is 1.99. The Balaban J connectivity index is 1.58. The van der Waals surface area contributed by atoms with Crippen LogP contribution in [0.4, 0.5) is 5.95 Å². The topological polar surface area (TPSA) is 98.2 Å². The first-order chi connectivity index (χ1) is 12.2. The fraction of sp³-hybridized carbons (Fsp3) is 0.0588. The zero-order chi connectivity index (χ0) is 17.5. The summed E-state index contributed by atoms with van der Waals surface area (Å²) < 4.78 is 1.27. The summed E-state index contributed by atoms with van der Waals surface area (Å²) in [5.41, 5.74) is 4.34. The summed E-state index contributed by atoms with van der Waals surface area (Å²) in [4.78, 5) is 12.1. The number of hydrogen-bond acceptors (Lipinski definition) is 7. The summed E-state index contributed by atoms with van der Waals surface area (Å²) in [6.45, 7) is 0. The van der Waals surface area contributed by atoms with Crippen molar-refractivity contribution in [2.45, 2.75) is 5.16 Å². The predicted octanol–water partition coefficient (Wildman–Crippen LogP) is 2.41. The van der Waals surface area contributed by atoms with Gasteiger partial charge in [0.2, 0.25) is 5.16 Å². The van der Waals surface area contributed by atoms with Gasteiger partial charge in [0, 0.05) is 5.56 Å². The van der Waals surface area contributed by atoms with Gasteiger partial charge < -0.3 is 5.84 Å². The molecule has 0 amide bonds. The largest absolute Gasteiger partial charge is 0.334 e. The Kier molecular flexibility index (Phi) is 5.43. The normalized spacial score (nSPS) is 10.9. The van der Waals surface area contributed by atoms with Gasteiger partial charge in [0.15, 0.2) is 5.78 Å². The highest BCUT2D eigenvalue weighted by Crippen LogP contribution is 2.18. The van der Waals surface area contributed by atoms with Crippen molar-refractivity contribution >= 4 is 29.7 Å². The average molecular weight is 352 g/mol. The Morgan fingerprint density at radius 1 is 1.12 bits per heavy atom. The van der Waals surface area contributed by atoms with Gasteiger partial charge in [-0.15, -0.1) is 10.2 Å². The van der Waals surface area contributed by atoms with Crippen LogP contribution in [0.3, 0.4) is 0 Å². The molecule has 0 atom stereocenters. The first kappa shape index (κ1) is 16.7. The number of Topliss-reactive ketones (excluding diaryl/α,β-unsaturated/α-hetero) is 1. The van der Waals surface area contributed by atoms with Crippen molar-refractivity contribution in [3.05, 3.63) is 71.8 Å². The number of rotatable bonds is 7. The Labute approximate surface area is 148 Å². The zero-order valence-corrected chi connectivity index (χ0v) is 14.1. The van der Waals surface area contributed by atoms with Gasteiger partial charge in [0.25, 0.3) is 5.95 Å². The quantitative estimate of drug-likeness (QED) is 0.223. The Bertz CT molecular complexity index is 863. The molecule has 8 heteroatoms. The molecule has 0 bridgehead atoms. The Morgan fingerprint density at radius 3 is 2.52 bits per heavy atom. The third-order valence-corrected chi connectivity index (χ3v) is 4.21. The lowest BCUT2D eigenvalue weighted by Gasteiger charge is -2.03. The molecule has 3 aromatic rings. The zero-order valence-electron chi connectivity index (χ0n) is 13.2. The summed E-state index contributed by atoms with van der Waals surface area (Å²) in [6.07, 6.45) is 1.65. The Morgan fingerprint density at radius 2 is 1.80 bits per heavy atom. The molecule has 0 fully saturated rings. The molecule has 3 rings (SSSR count). The van der Waals surface area contributed by atoms with Crippen molar-refractivity contribution in [3.63, 3.8) is 0 Å². The Hall–Kier alpha value is -3.13. The third kappa shape index (κ3) is 4.45. The molecule has 0 spiro atoms. The number of carbonyl (C=O) groups excluding carboxylic acids is 1. The van der Waals surface area contributed by atoms with Crippen molar-refractivity contribution in [2.24, 2.45) is 5.10 Å². The van der Waals surface area contributed by atoms with Crippen LogP contribution in [0.2, 0.25) is 0 Å². The number of ketones is 1. The van der Waals surface area contributed by atoms with E-state index >= 15 is 0 Å². The minimum absolute atomic E-state index is 0.00482. The third-order valence-electron chi connectivity index (χ3n) is 3.27. The van der Waals surface area contributed by atoms with Gasteiger partial charge in [0.05, 0.1) is 12.0 Å². The number of nitrogens with zero attached hydrogens (tertiary/aromatic N) is 4. The number of nitrogen functional groups attached to an aromatic ring is 1. The minimum Gasteiger partial charge on any atom is -0.334 e. The molecular weight excluding hydrogens is 336 g/mol. The molecule has 1 aromatic heterocycles. The summed E-state index contributed by atoms with van der Waals surface area (Å²) in [5, 5.41) is 12.4. The highest BCUT2D eigenvalue weighted by Gasteiger charge is 2.12. The molecule has 0 aliphatic carbocycles. The first-order valence-corrected chi connectivity index (χ1v) is 8.48. The van der Waals surface area contributed by atoms with E-state index in [1.807, 2.05) is 48.5 Å². The van der Waals surface area contributed by atoms with E-state index in [1.54, 1.807) is 18.3 Å². The van der Waals surface area contributed by atoms with E-state index in [-0.39, 0.29) is 11.5 Å². The summed E-state index contributed by atoms with van der Waals surface area (Å²) in [7, 11) is 0. The molecule has 2 aromatic carbocycles. The molecule has 1 heterocycles. The van der Waals surface area contributed by atoms with Gasteiger partial charge in [-0.1, -0.05) is 72.4 Å². The molecule has 0 aliphatic heterocycles. The highest BCUT2D eigenvalue weighted by molar-refractivity contribution is 7.99. The molecule has 0 unspecified atom stereocenters. The van der Waals surface area contributed by atoms with E-state index in [2.05, 4.69) is 20.7 Å². The van der Waals surface area contributed by atoms with E-state index in [0.29, 0.717) is 16.7 Å². The van der Waals surface area contributed by atoms with Crippen LogP contribution in [0.15, 0.2) is 70.9 Å². The van der Waals surface area contributed by atoms with Crippen LogP contribution < -0.4 is 11.3 Å². The number of benzene rings is 2. The standard InChI is InChI=1S/C17H16N6OS/c18-23-16(20-19-11-13-7-3-1-4-8-13)21-22-17(23)25-12-15(24)14-9-5-2-6-10-14/h1-11H,12,18H2,(H,20,21)/b19-11+. The molecule has 7 nitrogen and oxygen atoms in total. The van der Waals surface area contributed by atoms with Crippen molar-refractivity contribution < 1.29 is 4.79 Å². The SMILES string of the molecule is Nn1c(N/N=C/c2ccccc2)nnc1SCC(=O)c1ccccc1. The number of anilines is 1. The van der Waals surface area contributed by atoms with Crippen molar-refractivity contribution in [1.29, 1.82) is 0 Å². The van der Waals surface area contributed by atoms with Gasteiger partial charge in [0.1, 0.15) is 0 Å². The molecule has 0 saturated carbocycles. The van der Waals surface area contributed by atoms with E-state index in [1.165, 1.54) is 16.4 Å². The van der Waals surface area contributed by atoms with Crippen LogP contribution >= 0.6 is 11.8 Å². The van der Waals surface area contributed by atoms with Crippen LogP contribution in [0.5, 0.6) is 0 Å². The smallest absolute Gasteiger partial charge is 0.264 e. The minimum atomic E-state index is 0.00482. The molecular formula is C17H16N6OS. The number of hydrogen-bond donors (Lipinski definition) is 2. The van der Waals surface area contributed by atoms with Gasteiger partial charge in [-0.05, 0) is 5.56 Å². The maximum Gasteiger partial charge on any atom is 0.264 e. The number of nitrogens with one attached hydrogen (secondary N) is 1. The van der Waals surface area contributed by atoms with Gasteiger partial charge in [-0.2, -0.15) is 5.10 Å². The fourth-order valence-corrected chi connectivity index (χ4v) is 2.74. The van der Waals surface area contributed by atoms with E-state index in [0.717, 1.165) is 5.56 Å². The van der Waals surface area contributed by atoms with Gasteiger partial charge in [-0.25, -0.2) is 10.1 Å². The van der Waals surface area contributed by atoms with E-state index < -0.39 is 0 Å². The van der Waals surface area contributed by atoms with Crippen molar-refractivity contribution in [2.75, 3.05) is 17.0 Å². The number of hydrazone groups is 1. The molecule has 0 aliphatic rings. The number of aromatic nitrogens is 3. The summed E-state index contributed by atoms with van der Waals surface area (Å²) in [5.74, 6) is 6.46. The monoisotopic (exact) mass is 352 g/mol. The van der Waals surface area contributed by atoms with Crippen LogP contribution in [-0.2, 0) is 0 Å². The molecule has 0 saturated heterocycles. The van der Waals surface area contributed by atoms with Crippen molar-refractivity contribution in [3.8, 4) is 0 Å². The van der Waals surface area contributed by atoms with Crippen LogP contribution in [-0.4, -0.2) is 32.6 Å². The van der Waals surface area contributed by atoms with E-state index in [9.17, 15) is 4.79 Å². The molecule has 3 N–H and O–H groups in total. The lowest BCUT2D eigenvalue weighted by molar-refractivity contribution is 0.102. The first-order valence-electron chi connectivity index (χ1n) is 7.49. The molecule has 0 radical (unpaired) electrons. The number of nitrogens with two attached hydrogens (primary N) is 1. The maximum absolute atomic E-state index is 12.1. The lowest BCUT2D eigenvalue weighted by Crippen LogP contribution is -2.14. The van der Waals surface area contributed by atoms with Crippen LogP contribution in [0.1, 0.15) is 15.9 Å². The second-order valence-electron chi connectivity index (χ2n) is 5.03. The molecule has 25 heavy (non-hydrogen) atoms. The predicted molar refractivity (Wildman–Crippen MR) is 99.3 cm³/mol. The van der Waals surface area contributed by atoms with Crippen LogP contribution in [0.25, 0.3) is 0 Å². The second kappa shape index (κ2) is 8.11. The lowest BCUT2D eigenvalue weighted by atomic mass is 10.2. The average Bonchev–Trinajstić information content (AvgIpc) is 3.01. The number of thioether (sulfide) groups is 1. The van der Waals surface area contributed by atoms with E-state index in [4.69, 9.17) is 5.84 Å².